The molecule has 0 unspecified atom stereocenters. The molecule has 8 heteroatoms. The Morgan fingerprint density at radius 1 is 1.33 bits per heavy atom. The number of rotatable bonds is 6. The van der Waals surface area contributed by atoms with Gasteiger partial charge in [0.15, 0.2) is 0 Å². The molecule has 1 fully saturated rings. The van der Waals surface area contributed by atoms with Gasteiger partial charge in [-0.1, -0.05) is 11.6 Å². The number of carbonyl (C=O) groups is 3. The Hall–Kier alpha value is -2.12. The van der Waals surface area contributed by atoms with Crippen LogP contribution in [0.5, 0.6) is 0 Å². The van der Waals surface area contributed by atoms with Crippen molar-refractivity contribution in [1.82, 2.24) is 10.2 Å². The van der Waals surface area contributed by atoms with E-state index in [0.29, 0.717) is 17.3 Å². The van der Waals surface area contributed by atoms with Crippen LogP contribution in [0.1, 0.15) is 13.8 Å². The van der Waals surface area contributed by atoms with Gasteiger partial charge in [-0.25, -0.2) is 4.79 Å². The van der Waals surface area contributed by atoms with Gasteiger partial charge >= 0.3 is 6.03 Å². The number of nitrogens with zero attached hydrogens (tertiary/aromatic N) is 2. The average molecular weight is 354 g/mol. The van der Waals surface area contributed by atoms with Crippen molar-refractivity contribution in [2.24, 2.45) is 0 Å². The lowest BCUT2D eigenvalue weighted by atomic mass is 10.2. The third-order valence-corrected chi connectivity index (χ3v) is 3.93. The predicted octanol–water partition coefficient (Wildman–Crippen LogP) is 1.65. The Bertz CT molecular complexity index is 635. The van der Waals surface area contributed by atoms with E-state index in [-0.39, 0.29) is 12.6 Å². The molecular formula is C16H20ClN3O4. The highest BCUT2D eigenvalue weighted by Gasteiger charge is 2.44. The number of nitrogens with one attached hydrogen (secondary N) is 1. The van der Waals surface area contributed by atoms with Crippen LogP contribution < -0.4 is 10.2 Å². The zero-order chi connectivity index (χ0) is 17.9. The molecule has 0 spiro atoms. The summed E-state index contributed by atoms with van der Waals surface area (Å²) in [5.74, 6) is -0.823. The number of methoxy groups -OCH3 is 1. The smallest absolute Gasteiger partial charge is 0.332 e. The SMILES string of the molecule is COC[C@@H](C)NC(=O)CN1C(=O)[C@@H](C)N(c2ccc(Cl)cc2)C1=O. The maximum absolute atomic E-state index is 12.6. The summed E-state index contributed by atoms with van der Waals surface area (Å²) in [4.78, 5) is 39.2. The summed E-state index contributed by atoms with van der Waals surface area (Å²) >= 11 is 5.85. The summed E-state index contributed by atoms with van der Waals surface area (Å²) in [6.07, 6.45) is 0. The van der Waals surface area contributed by atoms with Crippen molar-refractivity contribution in [3.63, 3.8) is 0 Å². The van der Waals surface area contributed by atoms with Gasteiger partial charge in [-0.3, -0.25) is 19.4 Å². The fraction of sp³-hybridized carbons (Fsp3) is 0.438. The number of amides is 4. The van der Waals surface area contributed by atoms with Crippen molar-refractivity contribution in [3.8, 4) is 0 Å². The van der Waals surface area contributed by atoms with Gasteiger partial charge in [0.2, 0.25) is 5.91 Å². The molecule has 1 aliphatic heterocycles. The zero-order valence-electron chi connectivity index (χ0n) is 13.8. The van der Waals surface area contributed by atoms with Gasteiger partial charge < -0.3 is 10.1 Å². The number of anilines is 1. The lowest BCUT2D eigenvalue weighted by Crippen LogP contribution is -2.45. The highest BCUT2D eigenvalue weighted by atomic mass is 35.5. The topological polar surface area (TPSA) is 79.0 Å². The third kappa shape index (κ3) is 3.85. The Morgan fingerprint density at radius 3 is 2.54 bits per heavy atom. The number of urea groups is 1. The molecule has 4 amide bonds. The number of hydrogen-bond acceptors (Lipinski definition) is 4. The minimum absolute atomic E-state index is 0.208. The van der Waals surface area contributed by atoms with E-state index in [1.54, 1.807) is 38.1 Å². The molecule has 1 saturated heterocycles. The first-order chi connectivity index (χ1) is 11.3. The molecule has 2 rings (SSSR count). The average Bonchev–Trinajstić information content (AvgIpc) is 2.72. The Labute approximate surface area is 145 Å². The van der Waals surface area contributed by atoms with E-state index in [2.05, 4.69) is 5.32 Å². The van der Waals surface area contributed by atoms with Gasteiger partial charge in [0.1, 0.15) is 12.6 Å². The van der Waals surface area contributed by atoms with E-state index >= 15 is 0 Å². The molecule has 24 heavy (non-hydrogen) atoms. The summed E-state index contributed by atoms with van der Waals surface area (Å²) in [6, 6.07) is 5.20. The van der Waals surface area contributed by atoms with Gasteiger partial charge in [-0.05, 0) is 38.1 Å². The zero-order valence-corrected chi connectivity index (χ0v) is 14.5. The van der Waals surface area contributed by atoms with Crippen molar-refractivity contribution in [2.45, 2.75) is 25.9 Å². The first-order valence-corrected chi connectivity index (χ1v) is 7.91. The Morgan fingerprint density at radius 2 is 1.96 bits per heavy atom. The van der Waals surface area contributed by atoms with Crippen LogP contribution in [-0.2, 0) is 14.3 Å². The molecule has 1 aromatic carbocycles. The van der Waals surface area contributed by atoms with Crippen LogP contribution in [0.15, 0.2) is 24.3 Å². The lowest BCUT2D eigenvalue weighted by Gasteiger charge is -2.19. The van der Waals surface area contributed by atoms with Gasteiger partial charge in [-0.15, -0.1) is 0 Å². The summed E-state index contributed by atoms with van der Waals surface area (Å²) in [7, 11) is 1.53. The highest BCUT2D eigenvalue weighted by molar-refractivity contribution is 6.30. The van der Waals surface area contributed by atoms with Gasteiger partial charge in [-0.2, -0.15) is 0 Å². The molecule has 7 nitrogen and oxygen atoms in total. The van der Waals surface area contributed by atoms with E-state index < -0.39 is 23.9 Å². The number of hydrogen-bond donors (Lipinski definition) is 1. The number of imide groups is 1. The normalized spacial score (nSPS) is 18.9. The minimum atomic E-state index is -0.678. The van der Waals surface area contributed by atoms with E-state index in [0.717, 1.165) is 4.90 Å². The predicted molar refractivity (Wildman–Crippen MR) is 90.0 cm³/mol. The van der Waals surface area contributed by atoms with E-state index in [4.69, 9.17) is 16.3 Å². The fourth-order valence-corrected chi connectivity index (χ4v) is 2.69. The van der Waals surface area contributed by atoms with Crippen LogP contribution in [0.25, 0.3) is 0 Å². The van der Waals surface area contributed by atoms with Gasteiger partial charge in [0.05, 0.1) is 6.61 Å². The third-order valence-electron chi connectivity index (χ3n) is 3.68. The summed E-state index contributed by atoms with van der Waals surface area (Å²) in [5.41, 5.74) is 0.556. The molecule has 0 aliphatic carbocycles. The second kappa shape index (κ2) is 7.63. The Balaban J connectivity index is 2.09. The molecule has 1 heterocycles. The maximum Gasteiger partial charge on any atom is 0.332 e. The molecule has 1 aliphatic rings. The fourth-order valence-electron chi connectivity index (χ4n) is 2.56. The minimum Gasteiger partial charge on any atom is -0.383 e. The largest absolute Gasteiger partial charge is 0.383 e. The van der Waals surface area contributed by atoms with Crippen LogP contribution in [0.4, 0.5) is 10.5 Å². The highest BCUT2D eigenvalue weighted by Crippen LogP contribution is 2.26. The van der Waals surface area contributed by atoms with Gasteiger partial charge in [0.25, 0.3) is 5.91 Å². The first-order valence-electron chi connectivity index (χ1n) is 7.53. The molecule has 130 valence electrons. The Kier molecular flexibility index (Phi) is 5.80. The standard InChI is InChI=1S/C16H20ClN3O4/c1-10(9-24-3)18-14(21)8-19-15(22)11(2)20(16(19)23)13-6-4-12(17)5-7-13/h4-7,10-11H,8-9H2,1-3H3,(H,18,21)/t10-,11-/m1/s1. The van der Waals surface area contributed by atoms with Crippen LogP contribution >= 0.6 is 11.6 Å². The quantitative estimate of drug-likeness (QED) is 0.789. The van der Waals surface area contributed by atoms with E-state index in [1.807, 2.05) is 0 Å². The van der Waals surface area contributed by atoms with Crippen molar-refractivity contribution in [2.75, 3.05) is 25.2 Å². The van der Waals surface area contributed by atoms with Crippen molar-refractivity contribution in [3.05, 3.63) is 29.3 Å². The summed E-state index contributed by atoms with van der Waals surface area (Å²) in [5, 5.41) is 3.21. The lowest BCUT2D eigenvalue weighted by molar-refractivity contribution is -0.132. The molecule has 0 bridgehead atoms. The number of benzene rings is 1. The van der Waals surface area contributed by atoms with Crippen molar-refractivity contribution in [1.29, 1.82) is 0 Å². The van der Waals surface area contributed by atoms with Crippen molar-refractivity contribution < 1.29 is 19.1 Å². The van der Waals surface area contributed by atoms with Crippen LogP contribution in [-0.4, -0.2) is 55.1 Å². The first kappa shape index (κ1) is 18.2. The second-order valence-electron chi connectivity index (χ2n) is 5.65. The molecule has 0 radical (unpaired) electrons. The second-order valence-corrected chi connectivity index (χ2v) is 6.09. The molecule has 1 aromatic rings. The molecular weight excluding hydrogens is 334 g/mol. The van der Waals surface area contributed by atoms with Crippen molar-refractivity contribution >= 4 is 35.1 Å². The molecule has 2 atom stereocenters. The maximum atomic E-state index is 12.6. The number of carbonyl (C=O) groups excluding carboxylic acids is 3. The number of halogens is 1. The van der Waals surface area contributed by atoms with E-state index in [9.17, 15) is 14.4 Å². The van der Waals surface area contributed by atoms with Crippen LogP contribution in [0, 0.1) is 0 Å². The molecule has 0 aromatic heterocycles. The van der Waals surface area contributed by atoms with Gasteiger partial charge in [0, 0.05) is 23.9 Å². The van der Waals surface area contributed by atoms with Crippen LogP contribution in [0.3, 0.4) is 0 Å². The monoisotopic (exact) mass is 353 g/mol. The van der Waals surface area contributed by atoms with E-state index in [1.165, 1.54) is 12.0 Å². The summed E-state index contributed by atoms with van der Waals surface area (Å²) < 4.78 is 4.94. The molecule has 1 N–H and O–H groups in total. The summed E-state index contributed by atoms with van der Waals surface area (Å²) in [6.45, 7) is 3.43. The molecule has 0 saturated carbocycles. The van der Waals surface area contributed by atoms with Crippen LogP contribution in [0.2, 0.25) is 5.02 Å². The number of ether oxygens (including phenoxy) is 1.